The minimum Gasteiger partial charge on any atom is -0.478 e. The molecule has 0 saturated carbocycles. The second kappa shape index (κ2) is 4.17. The van der Waals surface area contributed by atoms with Crippen molar-refractivity contribution in [2.75, 3.05) is 7.11 Å². The van der Waals surface area contributed by atoms with Crippen LogP contribution in [0.4, 0.5) is 0 Å². The molecule has 1 N–H and O–H groups in total. The molecule has 1 aromatic heterocycles. The quantitative estimate of drug-likeness (QED) is 0.781. The lowest BCUT2D eigenvalue weighted by Gasteiger charge is -2.04. The van der Waals surface area contributed by atoms with Gasteiger partial charge < -0.3 is 9.94 Å². The van der Waals surface area contributed by atoms with Gasteiger partial charge in [0, 0.05) is 15.8 Å². The lowest BCUT2D eigenvalue weighted by atomic mass is 10.1. The maximum absolute atomic E-state index is 11.4. The van der Waals surface area contributed by atoms with Crippen molar-refractivity contribution < 1.29 is 14.7 Å². The molecule has 19 heavy (non-hydrogen) atoms. The highest BCUT2D eigenvalue weighted by Gasteiger charge is 2.17. The van der Waals surface area contributed by atoms with Crippen LogP contribution in [0.2, 0.25) is 5.02 Å². The number of carbonyl (C=O) groups is 1. The molecule has 3 rings (SSSR count). The summed E-state index contributed by atoms with van der Waals surface area (Å²) in [5.41, 5.74) is 1.73. The van der Waals surface area contributed by atoms with Crippen molar-refractivity contribution >= 4 is 39.4 Å². The van der Waals surface area contributed by atoms with E-state index in [2.05, 4.69) is 0 Å². The van der Waals surface area contributed by atoms with Crippen molar-refractivity contribution in [2.45, 2.75) is 0 Å². The maximum atomic E-state index is 11.4. The molecule has 96 valence electrons. The van der Waals surface area contributed by atoms with E-state index in [1.165, 1.54) is 0 Å². The molecule has 0 fully saturated rings. The Bertz CT molecular complexity index is 807. The van der Waals surface area contributed by atoms with Crippen molar-refractivity contribution in [2.24, 2.45) is 0 Å². The van der Waals surface area contributed by atoms with Gasteiger partial charge in [0.15, 0.2) is 0 Å². The van der Waals surface area contributed by atoms with E-state index in [4.69, 9.17) is 16.4 Å². The Labute approximate surface area is 113 Å². The molecule has 0 aliphatic rings. The van der Waals surface area contributed by atoms with E-state index in [0.717, 1.165) is 10.9 Å². The van der Waals surface area contributed by atoms with Gasteiger partial charge in [-0.15, -0.1) is 0 Å². The molecule has 1 heterocycles. The highest BCUT2D eigenvalue weighted by molar-refractivity contribution is 6.32. The van der Waals surface area contributed by atoms with Crippen LogP contribution < -0.4 is 4.84 Å². The standard InChI is InChI=1S/C14H10ClNO3/c1-19-16-11-6-5-8(15)7-10(11)13-9(14(17)18)3-2-4-12(13)16/h2-7H,1H3,(H,17,18). The molecule has 0 amide bonds. The molecule has 0 saturated heterocycles. The fourth-order valence-corrected chi connectivity index (χ4v) is 2.55. The van der Waals surface area contributed by atoms with Gasteiger partial charge in [-0.05, 0) is 30.3 Å². The summed E-state index contributed by atoms with van der Waals surface area (Å²) in [6.45, 7) is 0. The van der Waals surface area contributed by atoms with E-state index in [0.29, 0.717) is 15.9 Å². The van der Waals surface area contributed by atoms with Crippen molar-refractivity contribution in [1.29, 1.82) is 0 Å². The molecule has 4 nitrogen and oxygen atoms in total. The summed E-state index contributed by atoms with van der Waals surface area (Å²) in [7, 11) is 1.54. The first kappa shape index (κ1) is 11.9. The van der Waals surface area contributed by atoms with Crippen LogP contribution in [0, 0.1) is 0 Å². The zero-order chi connectivity index (χ0) is 13.6. The van der Waals surface area contributed by atoms with Gasteiger partial charge in [0.2, 0.25) is 0 Å². The molecule has 0 bridgehead atoms. The monoisotopic (exact) mass is 275 g/mol. The Morgan fingerprint density at radius 3 is 2.74 bits per heavy atom. The Balaban J connectivity index is 2.60. The maximum Gasteiger partial charge on any atom is 0.336 e. The van der Waals surface area contributed by atoms with Gasteiger partial charge in [0.1, 0.15) is 7.11 Å². The van der Waals surface area contributed by atoms with Gasteiger partial charge in [0.05, 0.1) is 16.6 Å². The van der Waals surface area contributed by atoms with Crippen LogP contribution in [0.5, 0.6) is 0 Å². The largest absolute Gasteiger partial charge is 0.478 e. The zero-order valence-electron chi connectivity index (χ0n) is 10.1. The Morgan fingerprint density at radius 2 is 2.05 bits per heavy atom. The summed E-state index contributed by atoms with van der Waals surface area (Å²) >= 11 is 6.01. The van der Waals surface area contributed by atoms with E-state index >= 15 is 0 Å². The molecule has 0 unspecified atom stereocenters. The molecule has 0 aliphatic carbocycles. The lowest BCUT2D eigenvalue weighted by molar-refractivity contribution is 0.0699. The number of aromatic nitrogens is 1. The summed E-state index contributed by atoms with van der Waals surface area (Å²) in [6.07, 6.45) is 0. The van der Waals surface area contributed by atoms with Crippen molar-refractivity contribution in [3.05, 3.63) is 47.0 Å². The van der Waals surface area contributed by atoms with Gasteiger partial charge >= 0.3 is 5.97 Å². The van der Waals surface area contributed by atoms with Crippen molar-refractivity contribution in [3.8, 4) is 0 Å². The smallest absolute Gasteiger partial charge is 0.336 e. The highest BCUT2D eigenvalue weighted by Crippen LogP contribution is 2.32. The Hall–Kier alpha value is -2.20. The molecule has 2 aromatic carbocycles. The number of fused-ring (bicyclic) bond motifs is 3. The molecular weight excluding hydrogens is 266 g/mol. The number of aromatic carboxylic acids is 1. The van der Waals surface area contributed by atoms with Gasteiger partial charge in [-0.1, -0.05) is 17.7 Å². The summed E-state index contributed by atoms with van der Waals surface area (Å²) in [6, 6.07) is 10.4. The average molecular weight is 276 g/mol. The van der Waals surface area contributed by atoms with Gasteiger partial charge in [-0.25, -0.2) is 4.79 Å². The number of carboxylic acids is 1. The first-order valence-corrected chi connectivity index (χ1v) is 6.01. The van der Waals surface area contributed by atoms with E-state index in [1.807, 2.05) is 12.1 Å². The van der Waals surface area contributed by atoms with Crippen molar-refractivity contribution in [3.63, 3.8) is 0 Å². The molecule has 0 atom stereocenters. The van der Waals surface area contributed by atoms with Crippen LogP contribution in [-0.2, 0) is 0 Å². The summed E-state index contributed by atoms with van der Waals surface area (Å²) in [5, 5.41) is 11.3. The molecule has 0 spiro atoms. The predicted molar refractivity (Wildman–Crippen MR) is 73.9 cm³/mol. The topological polar surface area (TPSA) is 51.5 Å². The molecular formula is C14H10ClNO3. The van der Waals surface area contributed by atoms with Gasteiger partial charge in [0.25, 0.3) is 0 Å². The third-order valence-corrected chi connectivity index (χ3v) is 3.36. The fraction of sp³-hybridized carbons (Fsp3) is 0.0714. The SMILES string of the molecule is COn1c2ccc(Cl)cc2c2c(C(=O)O)cccc21. The number of carboxylic acid groups (broad SMARTS) is 1. The first-order valence-electron chi connectivity index (χ1n) is 5.64. The van der Waals surface area contributed by atoms with Crippen LogP contribution in [-0.4, -0.2) is 22.9 Å². The van der Waals surface area contributed by atoms with E-state index in [1.54, 1.807) is 36.1 Å². The van der Waals surface area contributed by atoms with Gasteiger partial charge in [-0.2, -0.15) is 4.73 Å². The fourth-order valence-electron chi connectivity index (χ4n) is 2.38. The van der Waals surface area contributed by atoms with E-state index in [-0.39, 0.29) is 5.56 Å². The summed E-state index contributed by atoms with van der Waals surface area (Å²) < 4.78 is 1.60. The number of nitrogens with zero attached hydrogens (tertiary/aromatic N) is 1. The molecule has 3 aromatic rings. The second-order valence-corrected chi connectivity index (χ2v) is 4.58. The van der Waals surface area contributed by atoms with Crippen LogP contribution in [0.3, 0.4) is 0 Å². The molecule has 0 aliphatic heterocycles. The third kappa shape index (κ3) is 1.64. The summed E-state index contributed by atoms with van der Waals surface area (Å²) in [5.74, 6) is -0.972. The number of hydrogen-bond acceptors (Lipinski definition) is 2. The molecule has 5 heteroatoms. The minimum absolute atomic E-state index is 0.237. The number of rotatable bonds is 2. The van der Waals surface area contributed by atoms with Crippen molar-refractivity contribution in [1.82, 2.24) is 4.73 Å². The highest BCUT2D eigenvalue weighted by atomic mass is 35.5. The number of halogens is 1. The second-order valence-electron chi connectivity index (χ2n) is 4.14. The van der Waals surface area contributed by atoms with Crippen LogP contribution in [0.1, 0.15) is 10.4 Å². The normalized spacial score (nSPS) is 11.1. The number of hydrogen-bond donors (Lipinski definition) is 1. The van der Waals surface area contributed by atoms with Crippen LogP contribution in [0.25, 0.3) is 21.8 Å². The lowest BCUT2D eigenvalue weighted by Crippen LogP contribution is -2.04. The average Bonchev–Trinajstić information content (AvgIpc) is 2.71. The Kier molecular flexibility index (Phi) is 2.61. The van der Waals surface area contributed by atoms with Crippen LogP contribution >= 0.6 is 11.6 Å². The van der Waals surface area contributed by atoms with Crippen LogP contribution in [0.15, 0.2) is 36.4 Å². The summed E-state index contributed by atoms with van der Waals surface area (Å²) in [4.78, 5) is 16.7. The number of benzene rings is 2. The van der Waals surface area contributed by atoms with E-state index in [9.17, 15) is 9.90 Å². The zero-order valence-corrected chi connectivity index (χ0v) is 10.8. The van der Waals surface area contributed by atoms with E-state index < -0.39 is 5.97 Å². The Morgan fingerprint density at radius 1 is 1.26 bits per heavy atom. The third-order valence-electron chi connectivity index (χ3n) is 3.12. The van der Waals surface area contributed by atoms with Gasteiger partial charge in [-0.3, -0.25) is 0 Å². The predicted octanol–water partition coefficient (Wildman–Crippen LogP) is 3.20. The molecule has 0 radical (unpaired) electrons. The minimum atomic E-state index is -0.972. The first-order chi connectivity index (χ1) is 9.13.